The molecule has 0 N–H and O–H groups in total. The van der Waals surface area contributed by atoms with E-state index >= 15 is 0 Å². The molecule has 0 radical (unpaired) electrons. The smallest absolute Gasteiger partial charge is 0.307 e. The van der Waals surface area contributed by atoms with Crippen LogP contribution in [0.15, 0.2) is 18.2 Å². The molecule has 0 spiro atoms. The van der Waals surface area contributed by atoms with Crippen LogP contribution in [-0.2, 0) is 14.3 Å². The van der Waals surface area contributed by atoms with E-state index in [0.29, 0.717) is 17.1 Å². The lowest BCUT2D eigenvalue weighted by atomic mass is 9.92. The van der Waals surface area contributed by atoms with Crippen molar-refractivity contribution < 1.29 is 23.8 Å². The first kappa shape index (κ1) is 17.0. The molecule has 1 rings (SSSR count). The number of ketones is 1. The van der Waals surface area contributed by atoms with Crippen molar-refractivity contribution in [3.63, 3.8) is 0 Å². The largest absolute Gasteiger partial charge is 0.493 e. The first-order chi connectivity index (χ1) is 9.88. The van der Waals surface area contributed by atoms with Crippen LogP contribution < -0.4 is 9.47 Å². The monoisotopic (exact) mass is 294 g/mol. The summed E-state index contributed by atoms with van der Waals surface area (Å²) < 4.78 is 15.5. The highest BCUT2D eigenvalue weighted by Crippen LogP contribution is 2.32. The average molecular weight is 294 g/mol. The van der Waals surface area contributed by atoms with Crippen molar-refractivity contribution in [2.75, 3.05) is 14.2 Å². The summed E-state index contributed by atoms with van der Waals surface area (Å²) in [5, 5.41) is 0. The first-order valence-corrected chi connectivity index (χ1v) is 6.80. The van der Waals surface area contributed by atoms with E-state index in [1.165, 1.54) is 14.0 Å². The minimum Gasteiger partial charge on any atom is -0.493 e. The zero-order valence-corrected chi connectivity index (χ0v) is 13.1. The van der Waals surface area contributed by atoms with E-state index in [9.17, 15) is 9.59 Å². The number of benzene rings is 1. The lowest BCUT2D eigenvalue weighted by Gasteiger charge is -2.17. The Morgan fingerprint density at radius 3 is 2.19 bits per heavy atom. The number of carbonyl (C=O) groups excluding carboxylic acids is 2. The molecule has 0 fully saturated rings. The second-order valence-electron chi connectivity index (χ2n) is 5.02. The normalized spacial score (nSPS) is 11.9. The molecule has 1 atom stereocenters. The number of ether oxygens (including phenoxy) is 3. The summed E-state index contributed by atoms with van der Waals surface area (Å²) in [7, 11) is 3.07. The molecule has 0 amide bonds. The van der Waals surface area contributed by atoms with Crippen LogP contribution in [-0.4, -0.2) is 32.1 Å². The Bertz CT molecular complexity index is 507. The summed E-state index contributed by atoms with van der Waals surface area (Å²) in [4.78, 5) is 23.6. The molecule has 5 nitrogen and oxygen atoms in total. The van der Waals surface area contributed by atoms with Gasteiger partial charge in [0.2, 0.25) is 0 Å². The SMILES string of the molecule is COc1ccc(C(CC(=O)OC(C)C)C(C)=O)cc1OC. The highest BCUT2D eigenvalue weighted by atomic mass is 16.5. The number of rotatable bonds is 7. The summed E-state index contributed by atoms with van der Waals surface area (Å²) in [6, 6.07) is 5.20. The minimum atomic E-state index is -0.545. The predicted octanol–water partition coefficient (Wildman–Crippen LogP) is 2.72. The average Bonchev–Trinajstić information content (AvgIpc) is 2.43. The van der Waals surface area contributed by atoms with Crippen LogP contribution in [0.1, 0.15) is 38.7 Å². The van der Waals surface area contributed by atoms with Gasteiger partial charge in [-0.15, -0.1) is 0 Å². The van der Waals surface area contributed by atoms with Crippen LogP contribution in [0.5, 0.6) is 11.5 Å². The maximum absolute atomic E-state index is 11.8. The Hall–Kier alpha value is -2.04. The van der Waals surface area contributed by atoms with Crippen LogP contribution >= 0.6 is 0 Å². The Balaban J connectivity index is 3.01. The standard InChI is InChI=1S/C16H22O5/c1-10(2)21-16(18)9-13(11(3)17)12-6-7-14(19-4)15(8-12)20-5/h6-8,10,13H,9H2,1-5H3. The van der Waals surface area contributed by atoms with Gasteiger partial charge < -0.3 is 14.2 Å². The fourth-order valence-corrected chi connectivity index (χ4v) is 2.04. The van der Waals surface area contributed by atoms with Gasteiger partial charge in [0.25, 0.3) is 0 Å². The number of Topliss-reactive ketones (excluding diaryl/α,β-unsaturated/α-hetero) is 1. The Morgan fingerprint density at radius 2 is 1.71 bits per heavy atom. The van der Waals surface area contributed by atoms with E-state index in [1.54, 1.807) is 39.2 Å². The van der Waals surface area contributed by atoms with E-state index in [-0.39, 0.29) is 24.3 Å². The van der Waals surface area contributed by atoms with Crippen molar-refractivity contribution in [3.8, 4) is 11.5 Å². The summed E-state index contributed by atoms with van der Waals surface area (Å²) in [5.41, 5.74) is 0.709. The third-order valence-electron chi connectivity index (χ3n) is 3.04. The van der Waals surface area contributed by atoms with Gasteiger partial charge in [-0.05, 0) is 38.5 Å². The molecular formula is C16H22O5. The maximum Gasteiger partial charge on any atom is 0.307 e. The topological polar surface area (TPSA) is 61.8 Å². The van der Waals surface area contributed by atoms with Crippen molar-refractivity contribution in [2.45, 2.75) is 39.2 Å². The molecule has 0 saturated carbocycles. The molecule has 1 aromatic carbocycles. The number of hydrogen-bond acceptors (Lipinski definition) is 5. The highest BCUT2D eigenvalue weighted by molar-refractivity contribution is 5.88. The fourth-order valence-electron chi connectivity index (χ4n) is 2.04. The van der Waals surface area contributed by atoms with Gasteiger partial charge in [0.05, 0.1) is 32.7 Å². The molecule has 5 heteroatoms. The lowest BCUT2D eigenvalue weighted by Crippen LogP contribution is -2.18. The van der Waals surface area contributed by atoms with Crippen molar-refractivity contribution in [1.82, 2.24) is 0 Å². The Labute approximate surface area is 125 Å². The van der Waals surface area contributed by atoms with Crippen molar-refractivity contribution >= 4 is 11.8 Å². The Kier molecular flexibility index (Phi) is 6.21. The summed E-state index contributed by atoms with van der Waals surface area (Å²) in [6.07, 6.45) is -0.182. The van der Waals surface area contributed by atoms with Crippen molar-refractivity contribution in [2.24, 2.45) is 0 Å². The molecule has 0 aliphatic rings. The molecule has 116 valence electrons. The second-order valence-corrected chi connectivity index (χ2v) is 5.02. The molecule has 0 aromatic heterocycles. The quantitative estimate of drug-likeness (QED) is 0.724. The molecule has 1 aromatic rings. The van der Waals surface area contributed by atoms with E-state index < -0.39 is 5.92 Å². The molecule has 1 unspecified atom stereocenters. The van der Waals surface area contributed by atoms with Gasteiger partial charge in [0.15, 0.2) is 11.5 Å². The first-order valence-electron chi connectivity index (χ1n) is 6.80. The fraction of sp³-hybridized carbons (Fsp3) is 0.500. The molecule has 0 aliphatic carbocycles. The summed E-state index contributed by atoms with van der Waals surface area (Å²) in [6.45, 7) is 5.01. The van der Waals surface area contributed by atoms with Gasteiger partial charge in [0.1, 0.15) is 5.78 Å². The van der Waals surface area contributed by atoms with Crippen LogP contribution in [0.2, 0.25) is 0 Å². The predicted molar refractivity (Wildman–Crippen MR) is 78.8 cm³/mol. The molecule has 0 heterocycles. The van der Waals surface area contributed by atoms with Gasteiger partial charge in [-0.3, -0.25) is 9.59 Å². The van der Waals surface area contributed by atoms with Gasteiger partial charge >= 0.3 is 5.97 Å². The van der Waals surface area contributed by atoms with Gasteiger partial charge in [-0.25, -0.2) is 0 Å². The van der Waals surface area contributed by atoms with E-state index in [2.05, 4.69) is 0 Å². The van der Waals surface area contributed by atoms with Gasteiger partial charge in [-0.1, -0.05) is 6.07 Å². The molecule has 0 bridgehead atoms. The van der Waals surface area contributed by atoms with E-state index in [1.807, 2.05) is 0 Å². The third kappa shape index (κ3) is 4.77. The third-order valence-corrected chi connectivity index (χ3v) is 3.04. The van der Waals surface area contributed by atoms with Crippen LogP contribution in [0.4, 0.5) is 0 Å². The summed E-state index contributed by atoms with van der Waals surface area (Å²) in [5.74, 6) is 0.0748. The maximum atomic E-state index is 11.8. The zero-order valence-electron chi connectivity index (χ0n) is 13.1. The lowest BCUT2D eigenvalue weighted by molar-refractivity contribution is -0.148. The number of hydrogen-bond donors (Lipinski definition) is 0. The van der Waals surface area contributed by atoms with Gasteiger partial charge in [-0.2, -0.15) is 0 Å². The van der Waals surface area contributed by atoms with Crippen molar-refractivity contribution in [1.29, 1.82) is 0 Å². The highest BCUT2D eigenvalue weighted by Gasteiger charge is 2.23. The van der Waals surface area contributed by atoms with E-state index in [0.717, 1.165) is 0 Å². The van der Waals surface area contributed by atoms with Crippen molar-refractivity contribution in [3.05, 3.63) is 23.8 Å². The van der Waals surface area contributed by atoms with Crippen LogP contribution in [0.3, 0.4) is 0 Å². The Morgan fingerprint density at radius 1 is 1.10 bits per heavy atom. The van der Waals surface area contributed by atoms with E-state index in [4.69, 9.17) is 14.2 Å². The number of methoxy groups -OCH3 is 2. The number of carbonyl (C=O) groups is 2. The molecule has 21 heavy (non-hydrogen) atoms. The summed E-state index contributed by atoms with van der Waals surface area (Å²) >= 11 is 0. The zero-order chi connectivity index (χ0) is 16.0. The van der Waals surface area contributed by atoms with Crippen LogP contribution in [0.25, 0.3) is 0 Å². The molecular weight excluding hydrogens is 272 g/mol. The number of esters is 1. The minimum absolute atomic E-state index is 0.0169. The van der Waals surface area contributed by atoms with Crippen LogP contribution in [0, 0.1) is 0 Å². The molecule has 0 saturated heterocycles. The second kappa shape index (κ2) is 7.67. The van der Waals surface area contributed by atoms with Gasteiger partial charge in [0, 0.05) is 0 Å². The molecule has 0 aliphatic heterocycles.